The Balaban J connectivity index is 1.75. The van der Waals surface area contributed by atoms with E-state index in [0.717, 1.165) is 0 Å². The minimum absolute atomic E-state index is 0.00811. The van der Waals surface area contributed by atoms with Crippen molar-refractivity contribution in [3.05, 3.63) is 54.1 Å². The fourth-order valence-electron chi connectivity index (χ4n) is 1.94. The Hall–Kier alpha value is -3.10. The van der Waals surface area contributed by atoms with Crippen LogP contribution < -0.4 is 15.4 Å². The van der Waals surface area contributed by atoms with E-state index in [9.17, 15) is 18.4 Å². The lowest BCUT2D eigenvalue weighted by Crippen LogP contribution is -2.31. The predicted octanol–water partition coefficient (Wildman–Crippen LogP) is 1.51. The van der Waals surface area contributed by atoms with Crippen LogP contribution in [0.3, 0.4) is 0 Å². The molecule has 25 heavy (non-hydrogen) atoms. The second kappa shape index (κ2) is 9.26. The summed E-state index contributed by atoms with van der Waals surface area (Å²) < 4.78 is 29.0. The Morgan fingerprint density at radius 1 is 1.16 bits per heavy atom. The highest BCUT2D eigenvalue weighted by Gasteiger charge is 2.11. The van der Waals surface area contributed by atoms with Crippen LogP contribution in [0.5, 0.6) is 5.75 Å². The highest BCUT2D eigenvalue weighted by atomic mass is 19.3. The quantitative estimate of drug-likeness (QED) is 0.753. The van der Waals surface area contributed by atoms with Crippen molar-refractivity contribution < 1.29 is 23.1 Å². The second-order valence-corrected chi connectivity index (χ2v) is 4.86. The van der Waals surface area contributed by atoms with Crippen molar-refractivity contribution in [2.45, 2.75) is 19.6 Å². The molecule has 9 heteroatoms. The molecule has 0 fully saturated rings. The maximum atomic E-state index is 12.3. The average Bonchev–Trinajstić information content (AvgIpc) is 2.61. The largest absolute Gasteiger partial charge is 0.434 e. The van der Waals surface area contributed by atoms with E-state index < -0.39 is 12.5 Å². The number of ether oxygens (including phenoxy) is 1. The molecule has 0 saturated carbocycles. The number of nitrogens with one attached hydrogen (secondary N) is 2. The molecule has 0 radical (unpaired) electrons. The minimum atomic E-state index is -2.94. The molecule has 0 spiro atoms. The van der Waals surface area contributed by atoms with Crippen LogP contribution in [0.15, 0.2) is 42.9 Å². The number of carbonyl (C=O) groups excluding carboxylic acids is 2. The van der Waals surface area contributed by atoms with E-state index in [0.29, 0.717) is 5.56 Å². The Morgan fingerprint density at radius 3 is 2.68 bits per heavy atom. The summed E-state index contributed by atoms with van der Waals surface area (Å²) in [7, 11) is 0. The molecule has 0 saturated heterocycles. The Bertz CT molecular complexity index is 714. The van der Waals surface area contributed by atoms with Crippen molar-refractivity contribution in [1.82, 2.24) is 20.6 Å². The van der Waals surface area contributed by atoms with Gasteiger partial charge in [0.05, 0.1) is 6.20 Å². The van der Waals surface area contributed by atoms with Gasteiger partial charge in [-0.15, -0.1) is 0 Å². The highest BCUT2D eigenvalue weighted by Crippen LogP contribution is 2.19. The van der Waals surface area contributed by atoms with Crippen molar-refractivity contribution in [3.8, 4) is 5.75 Å². The summed E-state index contributed by atoms with van der Waals surface area (Å²) in [5, 5.41) is 5.12. The predicted molar refractivity (Wildman–Crippen MR) is 83.9 cm³/mol. The maximum Gasteiger partial charge on any atom is 0.387 e. The average molecular weight is 350 g/mol. The lowest BCUT2D eigenvalue weighted by molar-refractivity contribution is -0.121. The van der Waals surface area contributed by atoms with Gasteiger partial charge in [0.25, 0.3) is 5.91 Å². The van der Waals surface area contributed by atoms with E-state index in [1.165, 1.54) is 24.7 Å². The molecule has 0 unspecified atom stereocenters. The summed E-state index contributed by atoms with van der Waals surface area (Å²) in [5.74, 6) is -0.767. The third-order valence-electron chi connectivity index (χ3n) is 3.10. The van der Waals surface area contributed by atoms with Gasteiger partial charge < -0.3 is 15.4 Å². The number of rotatable bonds is 8. The van der Waals surface area contributed by atoms with Gasteiger partial charge in [-0.05, 0) is 6.07 Å². The van der Waals surface area contributed by atoms with Gasteiger partial charge in [0, 0.05) is 37.5 Å². The number of benzene rings is 1. The zero-order chi connectivity index (χ0) is 18.1. The van der Waals surface area contributed by atoms with Crippen LogP contribution in [0.1, 0.15) is 22.5 Å². The Labute approximate surface area is 142 Å². The van der Waals surface area contributed by atoms with Crippen molar-refractivity contribution in [1.29, 1.82) is 0 Å². The third-order valence-corrected chi connectivity index (χ3v) is 3.10. The highest BCUT2D eigenvalue weighted by molar-refractivity contribution is 5.92. The molecule has 0 bridgehead atoms. The topological polar surface area (TPSA) is 93.2 Å². The first-order valence-electron chi connectivity index (χ1n) is 7.40. The number of para-hydroxylation sites is 1. The van der Waals surface area contributed by atoms with Crippen LogP contribution >= 0.6 is 0 Å². The van der Waals surface area contributed by atoms with Crippen LogP contribution in [0.4, 0.5) is 8.78 Å². The molecule has 1 aromatic carbocycles. The molecule has 1 aromatic heterocycles. The first-order chi connectivity index (χ1) is 12.1. The minimum Gasteiger partial charge on any atom is -0.434 e. The standard InChI is InChI=1S/C16H16F2N4O3/c17-16(18)25-13-4-2-1-3-11(13)9-22-14(23)5-6-21-15(24)12-10-19-7-8-20-12/h1-4,7-8,10,16H,5-6,9H2,(H,21,24)(H,22,23). The van der Waals surface area contributed by atoms with Crippen LogP contribution in [0.25, 0.3) is 0 Å². The fourth-order valence-corrected chi connectivity index (χ4v) is 1.94. The number of nitrogens with zero attached hydrogens (tertiary/aromatic N) is 2. The summed E-state index contributed by atoms with van der Waals surface area (Å²) in [4.78, 5) is 31.1. The lowest BCUT2D eigenvalue weighted by atomic mass is 10.2. The van der Waals surface area contributed by atoms with Crippen molar-refractivity contribution in [2.75, 3.05) is 6.54 Å². The van der Waals surface area contributed by atoms with Crippen molar-refractivity contribution >= 4 is 11.8 Å². The van der Waals surface area contributed by atoms with Gasteiger partial charge in [0.1, 0.15) is 11.4 Å². The van der Waals surface area contributed by atoms with Crippen molar-refractivity contribution in [2.24, 2.45) is 0 Å². The molecule has 2 amide bonds. The molecule has 1 heterocycles. The number of hydrogen-bond donors (Lipinski definition) is 2. The molecule has 2 N–H and O–H groups in total. The van der Waals surface area contributed by atoms with E-state index in [2.05, 4.69) is 25.3 Å². The SMILES string of the molecule is O=C(CCNC(=O)c1cnccn1)NCc1ccccc1OC(F)F. The fraction of sp³-hybridized carbons (Fsp3) is 0.250. The molecular formula is C16H16F2N4O3. The number of amides is 2. The monoisotopic (exact) mass is 350 g/mol. The summed E-state index contributed by atoms with van der Waals surface area (Å²) in [6.07, 6.45) is 4.18. The number of alkyl halides is 2. The van der Waals surface area contributed by atoms with E-state index in [1.54, 1.807) is 18.2 Å². The van der Waals surface area contributed by atoms with Crippen LogP contribution in [-0.2, 0) is 11.3 Å². The van der Waals surface area contributed by atoms with Gasteiger partial charge in [-0.25, -0.2) is 4.98 Å². The van der Waals surface area contributed by atoms with Gasteiger partial charge in [0.15, 0.2) is 0 Å². The van der Waals surface area contributed by atoms with Crippen LogP contribution in [-0.4, -0.2) is 34.9 Å². The van der Waals surface area contributed by atoms with Gasteiger partial charge in [-0.1, -0.05) is 18.2 Å². The van der Waals surface area contributed by atoms with E-state index >= 15 is 0 Å². The van der Waals surface area contributed by atoms with Crippen LogP contribution in [0, 0.1) is 0 Å². The number of aromatic nitrogens is 2. The maximum absolute atomic E-state index is 12.3. The van der Waals surface area contributed by atoms with Gasteiger partial charge in [0.2, 0.25) is 5.91 Å². The Kier molecular flexibility index (Phi) is 6.76. The molecule has 2 rings (SSSR count). The van der Waals surface area contributed by atoms with E-state index in [1.807, 2.05) is 0 Å². The summed E-state index contributed by atoms with van der Waals surface area (Å²) in [5.41, 5.74) is 0.584. The molecule has 132 valence electrons. The van der Waals surface area contributed by atoms with Crippen LogP contribution in [0.2, 0.25) is 0 Å². The smallest absolute Gasteiger partial charge is 0.387 e. The third kappa shape index (κ3) is 6.13. The molecule has 7 nitrogen and oxygen atoms in total. The summed E-state index contributed by atoms with van der Waals surface area (Å²) in [6, 6.07) is 6.19. The lowest BCUT2D eigenvalue weighted by Gasteiger charge is -2.11. The zero-order valence-electron chi connectivity index (χ0n) is 13.1. The summed E-state index contributed by atoms with van der Waals surface area (Å²) >= 11 is 0. The van der Waals surface area contributed by atoms with E-state index in [4.69, 9.17) is 0 Å². The second-order valence-electron chi connectivity index (χ2n) is 4.86. The molecule has 0 atom stereocenters. The summed E-state index contributed by atoms with van der Waals surface area (Å²) in [6.45, 7) is -2.79. The van der Waals surface area contributed by atoms with Gasteiger partial charge >= 0.3 is 6.61 Å². The molecular weight excluding hydrogens is 334 g/mol. The molecule has 0 aliphatic rings. The molecule has 0 aliphatic carbocycles. The number of carbonyl (C=O) groups is 2. The first-order valence-corrected chi connectivity index (χ1v) is 7.40. The van der Waals surface area contributed by atoms with Gasteiger partial charge in [-0.2, -0.15) is 8.78 Å². The van der Waals surface area contributed by atoms with E-state index in [-0.39, 0.29) is 36.9 Å². The van der Waals surface area contributed by atoms with Crippen molar-refractivity contribution in [3.63, 3.8) is 0 Å². The zero-order valence-corrected chi connectivity index (χ0v) is 13.1. The number of hydrogen-bond acceptors (Lipinski definition) is 5. The van der Waals surface area contributed by atoms with Gasteiger partial charge in [-0.3, -0.25) is 14.6 Å². The number of halogens is 2. The first kappa shape index (κ1) is 18.2. The normalized spacial score (nSPS) is 10.4. The Morgan fingerprint density at radius 2 is 1.96 bits per heavy atom. The molecule has 2 aromatic rings. The molecule has 0 aliphatic heterocycles.